The van der Waals surface area contributed by atoms with E-state index in [9.17, 15) is 18.8 Å². The van der Waals surface area contributed by atoms with Crippen molar-refractivity contribution in [3.05, 3.63) is 100 Å². The molecule has 0 aromatic heterocycles. The summed E-state index contributed by atoms with van der Waals surface area (Å²) < 4.78 is 13.5. The average Bonchev–Trinajstić information content (AvgIpc) is 3.32. The molecular weight excluding hydrogens is 457 g/mol. The Hall–Kier alpha value is -3.84. The number of halogens is 2. The van der Waals surface area contributed by atoms with Crippen LogP contribution in [0, 0.1) is 17.7 Å². The lowest BCUT2D eigenvalue weighted by atomic mass is 9.83. The van der Waals surface area contributed by atoms with E-state index in [1.807, 2.05) is 24.3 Å². The van der Waals surface area contributed by atoms with Crippen LogP contribution in [-0.2, 0) is 9.59 Å². The summed E-state index contributed by atoms with van der Waals surface area (Å²) in [5.41, 5.74) is 2.33. The maximum Gasteiger partial charge on any atom is 0.240 e. The summed E-state index contributed by atoms with van der Waals surface area (Å²) in [5, 5.41) is 6.57. The third kappa shape index (κ3) is 2.93. The molecule has 0 N–H and O–H groups in total. The van der Waals surface area contributed by atoms with Gasteiger partial charge in [-0.25, -0.2) is 9.29 Å². The standard InChI is InChI=1S/C26H17ClFN3O3/c27-16-7-11-18(12-8-16)30-25(33)20-21(26(30)34)23(24(32)14-5-9-17(28)10-6-14)31-22(20)19-4-2-1-3-15(19)13-29-31/h1-13,20-23H/t20-,21-,22-,23+/m1/s1. The van der Waals surface area contributed by atoms with E-state index in [1.165, 1.54) is 24.3 Å². The summed E-state index contributed by atoms with van der Waals surface area (Å²) >= 11 is 6.00. The molecule has 0 bridgehead atoms. The highest BCUT2D eigenvalue weighted by Gasteiger charge is 2.65. The number of benzene rings is 3. The number of hydrazone groups is 1. The third-order valence-corrected chi connectivity index (χ3v) is 7.03. The topological polar surface area (TPSA) is 70.0 Å². The van der Waals surface area contributed by atoms with Crippen LogP contribution in [-0.4, -0.2) is 34.9 Å². The van der Waals surface area contributed by atoms with Gasteiger partial charge in [0, 0.05) is 10.6 Å². The number of rotatable bonds is 3. The quantitative estimate of drug-likeness (QED) is 0.421. The molecule has 3 aliphatic rings. The van der Waals surface area contributed by atoms with E-state index in [-0.39, 0.29) is 17.3 Å². The van der Waals surface area contributed by atoms with Gasteiger partial charge < -0.3 is 0 Å². The summed E-state index contributed by atoms with van der Waals surface area (Å²) in [6.07, 6.45) is 1.64. The lowest BCUT2D eigenvalue weighted by Crippen LogP contribution is -2.44. The molecule has 2 fully saturated rings. The second-order valence-electron chi connectivity index (χ2n) is 8.55. The molecular formula is C26H17ClFN3O3. The maximum atomic E-state index is 13.7. The molecule has 2 amide bonds. The Morgan fingerprint density at radius 2 is 1.56 bits per heavy atom. The van der Waals surface area contributed by atoms with Gasteiger partial charge in [0.15, 0.2) is 5.78 Å². The molecule has 0 unspecified atom stereocenters. The minimum atomic E-state index is -1.00. The highest BCUT2D eigenvalue weighted by Crippen LogP contribution is 2.53. The van der Waals surface area contributed by atoms with E-state index < -0.39 is 35.6 Å². The number of ketones is 1. The van der Waals surface area contributed by atoms with Gasteiger partial charge in [-0.15, -0.1) is 0 Å². The van der Waals surface area contributed by atoms with Gasteiger partial charge in [0.1, 0.15) is 11.9 Å². The number of anilines is 1. The van der Waals surface area contributed by atoms with Crippen LogP contribution in [0.3, 0.4) is 0 Å². The van der Waals surface area contributed by atoms with Gasteiger partial charge in [0.2, 0.25) is 11.8 Å². The molecule has 4 atom stereocenters. The number of fused-ring (bicyclic) bond motifs is 5. The van der Waals surface area contributed by atoms with E-state index in [0.717, 1.165) is 16.0 Å². The summed E-state index contributed by atoms with van der Waals surface area (Å²) in [6.45, 7) is 0. The van der Waals surface area contributed by atoms with Crippen LogP contribution in [0.15, 0.2) is 77.9 Å². The van der Waals surface area contributed by atoms with Gasteiger partial charge in [0.05, 0.1) is 29.8 Å². The Kier molecular flexibility index (Phi) is 4.64. The van der Waals surface area contributed by atoms with Crippen molar-refractivity contribution in [2.45, 2.75) is 12.1 Å². The summed E-state index contributed by atoms with van der Waals surface area (Å²) in [4.78, 5) is 42.3. The zero-order chi connectivity index (χ0) is 23.6. The molecule has 3 aromatic carbocycles. The fraction of sp³-hybridized carbons (Fsp3) is 0.154. The van der Waals surface area contributed by atoms with Gasteiger partial charge in [-0.05, 0) is 59.7 Å². The highest BCUT2D eigenvalue weighted by atomic mass is 35.5. The van der Waals surface area contributed by atoms with Crippen LogP contribution < -0.4 is 4.90 Å². The maximum absolute atomic E-state index is 13.7. The second kappa shape index (κ2) is 7.60. The number of imide groups is 1. The first-order chi connectivity index (χ1) is 16.5. The van der Waals surface area contributed by atoms with Crippen molar-refractivity contribution >= 4 is 41.1 Å². The van der Waals surface area contributed by atoms with E-state index in [4.69, 9.17) is 11.6 Å². The van der Waals surface area contributed by atoms with Crippen LogP contribution in [0.25, 0.3) is 0 Å². The molecule has 3 aliphatic heterocycles. The van der Waals surface area contributed by atoms with Crippen molar-refractivity contribution in [1.29, 1.82) is 0 Å². The van der Waals surface area contributed by atoms with Crippen molar-refractivity contribution in [3.63, 3.8) is 0 Å². The Labute approximate surface area is 199 Å². The van der Waals surface area contributed by atoms with Gasteiger partial charge in [-0.2, -0.15) is 5.10 Å². The average molecular weight is 474 g/mol. The lowest BCUT2D eigenvalue weighted by Gasteiger charge is -2.33. The van der Waals surface area contributed by atoms with Gasteiger partial charge in [-0.1, -0.05) is 35.9 Å². The fourth-order valence-corrected chi connectivity index (χ4v) is 5.42. The smallest absolute Gasteiger partial charge is 0.240 e. The first kappa shape index (κ1) is 20.7. The molecule has 3 aromatic rings. The van der Waals surface area contributed by atoms with Crippen LogP contribution in [0.1, 0.15) is 27.5 Å². The summed E-state index contributed by atoms with van der Waals surface area (Å²) in [5.74, 6) is -3.42. The van der Waals surface area contributed by atoms with Gasteiger partial charge in [-0.3, -0.25) is 19.4 Å². The van der Waals surface area contributed by atoms with Crippen LogP contribution in [0.5, 0.6) is 0 Å². The Morgan fingerprint density at radius 3 is 2.29 bits per heavy atom. The van der Waals surface area contributed by atoms with Crippen molar-refractivity contribution in [3.8, 4) is 0 Å². The molecule has 3 heterocycles. The second-order valence-corrected chi connectivity index (χ2v) is 8.99. The molecule has 6 rings (SSSR count). The van der Waals surface area contributed by atoms with E-state index in [2.05, 4.69) is 5.10 Å². The number of amides is 2. The van der Waals surface area contributed by atoms with E-state index in [1.54, 1.807) is 35.5 Å². The third-order valence-electron chi connectivity index (χ3n) is 6.78. The molecule has 0 radical (unpaired) electrons. The van der Waals surface area contributed by atoms with Crippen LogP contribution in [0.2, 0.25) is 5.02 Å². The van der Waals surface area contributed by atoms with E-state index in [0.29, 0.717) is 10.7 Å². The number of hydrogen-bond donors (Lipinski definition) is 0. The Bertz CT molecular complexity index is 1370. The number of carbonyl (C=O) groups is 3. The van der Waals surface area contributed by atoms with Gasteiger partial charge >= 0.3 is 0 Å². The predicted octanol–water partition coefficient (Wildman–Crippen LogP) is 4.24. The molecule has 34 heavy (non-hydrogen) atoms. The molecule has 2 saturated heterocycles. The monoisotopic (exact) mass is 473 g/mol. The molecule has 168 valence electrons. The first-order valence-electron chi connectivity index (χ1n) is 10.8. The fourth-order valence-electron chi connectivity index (χ4n) is 5.30. The SMILES string of the molecule is O=C(c1ccc(F)cc1)[C@@H]1[C@@H]2C(=O)N(c3ccc(Cl)cc3)C(=O)[C@H]2[C@H]2c3ccccc3C=NN12. The number of carbonyl (C=O) groups excluding carboxylic acids is 3. The minimum Gasteiger partial charge on any atom is -0.292 e. The van der Waals surface area contributed by atoms with E-state index >= 15 is 0 Å². The molecule has 6 nitrogen and oxygen atoms in total. The summed E-state index contributed by atoms with van der Waals surface area (Å²) in [6, 6.07) is 17.6. The Balaban J connectivity index is 1.49. The molecule has 0 aliphatic carbocycles. The van der Waals surface area contributed by atoms with Crippen molar-refractivity contribution in [2.24, 2.45) is 16.9 Å². The van der Waals surface area contributed by atoms with Crippen LogP contribution in [0.4, 0.5) is 10.1 Å². The van der Waals surface area contributed by atoms with Crippen molar-refractivity contribution < 1.29 is 18.8 Å². The van der Waals surface area contributed by atoms with Gasteiger partial charge in [0.25, 0.3) is 0 Å². The van der Waals surface area contributed by atoms with Crippen molar-refractivity contribution in [2.75, 3.05) is 4.90 Å². The first-order valence-corrected chi connectivity index (χ1v) is 11.2. The normalized spacial score (nSPS) is 24.8. The van der Waals surface area contributed by atoms with Crippen molar-refractivity contribution in [1.82, 2.24) is 5.01 Å². The molecule has 0 saturated carbocycles. The number of Topliss-reactive ketones (excluding diaryl/α,β-unsaturated/α-hetero) is 1. The van der Waals surface area contributed by atoms with Crippen LogP contribution >= 0.6 is 11.6 Å². The predicted molar refractivity (Wildman–Crippen MR) is 124 cm³/mol. The minimum absolute atomic E-state index is 0.255. The highest BCUT2D eigenvalue weighted by molar-refractivity contribution is 6.31. The number of nitrogens with zero attached hydrogens (tertiary/aromatic N) is 3. The largest absolute Gasteiger partial charge is 0.292 e. The zero-order valence-corrected chi connectivity index (χ0v) is 18.4. The summed E-state index contributed by atoms with van der Waals surface area (Å²) in [7, 11) is 0. The molecule has 0 spiro atoms. The molecule has 8 heteroatoms. The zero-order valence-electron chi connectivity index (χ0n) is 17.6. The Morgan fingerprint density at radius 1 is 0.882 bits per heavy atom. The number of hydrogen-bond acceptors (Lipinski definition) is 5. The lowest BCUT2D eigenvalue weighted by molar-refractivity contribution is -0.124.